The number of nitrogens with zero attached hydrogens (tertiary/aromatic N) is 1. The summed E-state index contributed by atoms with van der Waals surface area (Å²) in [6.07, 6.45) is 0.325. The number of hydrogen-bond donors (Lipinski definition) is 3. The Kier molecular flexibility index (Phi) is 7.62. The Balaban J connectivity index is 1.28. The minimum atomic E-state index is -0.556. The summed E-state index contributed by atoms with van der Waals surface area (Å²) in [5, 5.41) is 6.03. The van der Waals surface area contributed by atoms with Gasteiger partial charge >= 0.3 is 6.09 Å². The second-order valence-electron chi connectivity index (χ2n) is 9.65. The molecule has 3 amide bonds. The van der Waals surface area contributed by atoms with E-state index in [0.717, 1.165) is 28.7 Å². The number of hydrogen-bond acceptors (Lipinski definition) is 5. The van der Waals surface area contributed by atoms with Crippen LogP contribution in [-0.4, -0.2) is 42.4 Å². The maximum Gasteiger partial charge on any atom is 0.411 e. The normalized spacial score (nSPS) is 18.5. The molecule has 9 heteroatoms. The average Bonchev–Trinajstić information content (AvgIpc) is 3.73. The summed E-state index contributed by atoms with van der Waals surface area (Å²) in [5.41, 5.74) is 10.8. The van der Waals surface area contributed by atoms with Crippen molar-refractivity contribution in [3.63, 3.8) is 0 Å². The Labute approximate surface area is 226 Å². The van der Waals surface area contributed by atoms with E-state index in [1.165, 1.54) is 0 Å². The SMILES string of the molecule is NCc1cc(C(=O)N2CCNC(=O)C2)cc([C@@H]2C[C@H]2c2cc(Cl)cc(NC(=O)OCc3ccccc3)c2)c1. The standard InChI is InChI=1S/C29H29ClN4O4/c30-23-11-21(12-24(13-23)33-29(37)38-17-18-4-2-1-3-5-18)26-14-25(26)20-8-19(15-31)9-22(10-20)28(36)34-7-6-32-27(35)16-34/h1-5,8-13,25-26H,6-7,14-17,31H2,(H,32,35)(H,33,37)/t25-,26-/m0/s1. The number of amides is 3. The second kappa shape index (κ2) is 11.2. The van der Waals surface area contributed by atoms with Gasteiger partial charge in [0.25, 0.3) is 5.91 Å². The van der Waals surface area contributed by atoms with Crippen molar-refractivity contribution in [2.75, 3.05) is 25.0 Å². The molecule has 1 saturated heterocycles. The summed E-state index contributed by atoms with van der Waals surface area (Å²) < 4.78 is 5.33. The summed E-state index contributed by atoms with van der Waals surface area (Å²) in [4.78, 5) is 38.8. The molecule has 2 atom stereocenters. The Morgan fingerprint density at radius 3 is 2.53 bits per heavy atom. The van der Waals surface area contributed by atoms with E-state index in [-0.39, 0.29) is 36.8 Å². The zero-order valence-corrected chi connectivity index (χ0v) is 21.5. The number of ether oxygens (including phenoxy) is 1. The van der Waals surface area contributed by atoms with E-state index in [1.807, 2.05) is 54.6 Å². The van der Waals surface area contributed by atoms with Crippen molar-refractivity contribution in [3.05, 3.63) is 99.6 Å². The molecular formula is C29H29ClN4O4. The summed E-state index contributed by atoms with van der Waals surface area (Å²) in [6, 6.07) is 20.7. The van der Waals surface area contributed by atoms with Crippen LogP contribution in [0, 0.1) is 0 Å². The number of rotatable bonds is 7. The number of nitrogens with one attached hydrogen (secondary N) is 2. The zero-order chi connectivity index (χ0) is 26.6. The maximum absolute atomic E-state index is 13.1. The fourth-order valence-corrected chi connectivity index (χ4v) is 5.12. The first kappa shape index (κ1) is 25.8. The molecule has 8 nitrogen and oxygen atoms in total. The molecular weight excluding hydrogens is 504 g/mol. The average molecular weight is 533 g/mol. The largest absolute Gasteiger partial charge is 0.444 e. The topological polar surface area (TPSA) is 114 Å². The molecule has 2 fully saturated rings. The van der Waals surface area contributed by atoms with E-state index in [0.29, 0.717) is 35.9 Å². The van der Waals surface area contributed by atoms with E-state index in [4.69, 9.17) is 22.1 Å². The van der Waals surface area contributed by atoms with Crippen LogP contribution in [0.3, 0.4) is 0 Å². The number of benzene rings is 3. The third-order valence-electron chi connectivity index (χ3n) is 6.85. The van der Waals surface area contributed by atoms with Gasteiger partial charge in [0.2, 0.25) is 5.91 Å². The van der Waals surface area contributed by atoms with E-state index in [2.05, 4.69) is 10.6 Å². The van der Waals surface area contributed by atoms with Crippen LogP contribution < -0.4 is 16.4 Å². The van der Waals surface area contributed by atoms with Crippen molar-refractivity contribution in [1.82, 2.24) is 10.2 Å². The Bertz CT molecular complexity index is 1360. The van der Waals surface area contributed by atoms with Gasteiger partial charge in [-0.25, -0.2) is 4.79 Å². The predicted octanol–water partition coefficient (Wildman–Crippen LogP) is 4.39. The lowest BCUT2D eigenvalue weighted by Gasteiger charge is -2.27. The highest BCUT2D eigenvalue weighted by Gasteiger charge is 2.40. The molecule has 5 rings (SSSR count). The van der Waals surface area contributed by atoms with Crippen LogP contribution in [0.5, 0.6) is 0 Å². The highest BCUT2D eigenvalue weighted by Crippen LogP contribution is 2.55. The van der Waals surface area contributed by atoms with Crippen LogP contribution in [0.1, 0.15) is 50.9 Å². The van der Waals surface area contributed by atoms with Gasteiger partial charge in [0.05, 0.1) is 6.54 Å². The Hall–Kier alpha value is -3.88. The van der Waals surface area contributed by atoms with Gasteiger partial charge in [-0.05, 0) is 70.8 Å². The van der Waals surface area contributed by atoms with Gasteiger partial charge in [-0.15, -0.1) is 0 Å². The summed E-state index contributed by atoms with van der Waals surface area (Å²) in [5.74, 6) is 0.0496. The van der Waals surface area contributed by atoms with E-state index in [1.54, 1.807) is 17.0 Å². The quantitative estimate of drug-likeness (QED) is 0.417. The van der Waals surface area contributed by atoms with Gasteiger partial charge in [-0.1, -0.05) is 48.0 Å². The lowest BCUT2D eigenvalue weighted by atomic mass is 9.98. The van der Waals surface area contributed by atoms with Gasteiger partial charge in [0, 0.05) is 35.9 Å². The van der Waals surface area contributed by atoms with Crippen LogP contribution in [0.2, 0.25) is 5.02 Å². The van der Waals surface area contributed by atoms with Crippen molar-refractivity contribution in [3.8, 4) is 0 Å². The molecule has 196 valence electrons. The van der Waals surface area contributed by atoms with Crippen molar-refractivity contribution in [2.24, 2.45) is 5.73 Å². The van der Waals surface area contributed by atoms with Crippen molar-refractivity contribution in [1.29, 1.82) is 0 Å². The van der Waals surface area contributed by atoms with E-state index in [9.17, 15) is 14.4 Å². The van der Waals surface area contributed by atoms with Crippen molar-refractivity contribution in [2.45, 2.75) is 31.4 Å². The smallest absolute Gasteiger partial charge is 0.411 e. The molecule has 38 heavy (non-hydrogen) atoms. The minimum absolute atomic E-state index is 0.0547. The Morgan fingerprint density at radius 2 is 1.79 bits per heavy atom. The third kappa shape index (κ3) is 6.15. The number of carbonyl (C=O) groups is 3. The fraction of sp³-hybridized carbons (Fsp3) is 0.276. The summed E-state index contributed by atoms with van der Waals surface area (Å²) in [7, 11) is 0. The molecule has 1 saturated carbocycles. The van der Waals surface area contributed by atoms with Crippen LogP contribution in [0.4, 0.5) is 10.5 Å². The first-order valence-electron chi connectivity index (χ1n) is 12.6. The molecule has 0 unspecified atom stereocenters. The molecule has 1 aliphatic carbocycles. The highest BCUT2D eigenvalue weighted by molar-refractivity contribution is 6.31. The lowest BCUT2D eigenvalue weighted by Crippen LogP contribution is -2.50. The van der Waals surface area contributed by atoms with E-state index >= 15 is 0 Å². The minimum Gasteiger partial charge on any atom is -0.444 e. The monoisotopic (exact) mass is 532 g/mol. The third-order valence-corrected chi connectivity index (χ3v) is 7.07. The zero-order valence-electron chi connectivity index (χ0n) is 20.8. The van der Waals surface area contributed by atoms with Crippen LogP contribution >= 0.6 is 11.6 Å². The number of nitrogens with two attached hydrogens (primary N) is 1. The molecule has 2 aliphatic rings. The number of halogens is 1. The molecule has 0 spiro atoms. The molecule has 1 aliphatic heterocycles. The first-order valence-corrected chi connectivity index (χ1v) is 13.0. The molecule has 4 N–H and O–H groups in total. The number of piperazine rings is 1. The summed E-state index contributed by atoms with van der Waals surface area (Å²) in [6.45, 7) is 1.46. The predicted molar refractivity (Wildman–Crippen MR) is 145 cm³/mol. The van der Waals surface area contributed by atoms with Gasteiger partial charge in [0.15, 0.2) is 0 Å². The molecule has 3 aromatic rings. The maximum atomic E-state index is 13.1. The van der Waals surface area contributed by atoms with Crippen LogP contribution in [0.25, 0.3) is 0 Å². The van der Waals surface area contributed by atoms with Gasteiger partial charge < -0.3 is 20.7 Å². The van der Waals surface area contributed by atoms with Gasteiger partial charge in [0.1, 0.15) is 6.61 Å². The Morgan fingerprint density at radius 1 is 1.03 bits per heavy atom. The molecule has 0 bridgehead atoms. The summed E-state index contributed by atoms with van der Waals surface area (Å²) >= 11 is 6.39. The van der Waals surface area contributed by atoms with Crippen molar-refractivity contribution >= 4 is 35.2 Å². The molecule has 3 aromatic carbocycles. The van der Waals surface area contributed by atoms with E-state index < -0.39 is 6.09 Å². The molecule has 0 aromatic heterocycles. The number of carbonyl (C=O) groups excluding carboxylic acids is 3. The second-order valence-corrected chi connectivity index (χ2v) is 10.1. The van der Waals surface area contributed by atoms with Crippen LogP contribution in [-0.2, 0) is 22.7 Å². The highest BCUT2D eigenvalue weighted by atomic mass is 35.5. The number of anilines is 1. The first-order chi connectivity index (χ1) is 18.4. The molecule has 0 radical (unpaired) electrons. The van der Waals surface area contributed by atoms with Crippen LogP contribution in [0.15, 0.2) is 66.7 Å². The fourth-order valence-electron chi connectivity index (χ4n) is 4.88. The van der Waals surface area contributed by atoms with Gasteiger partial charge in [-0.3, -0.25) is 14.9 Å². The molecule has 1 heterocycles. The van der Waals surface area contributed by atoms with Gasteiger partial charge in [-0.2, -0.15) is 0 Å². The van der Waals surface area contributed by atoms with Crippen molar-refractivity contribution < 1.29 is 19.1 Å². The lowest BCUT2D eigenvalue weighted by molar-refractivity contribution is -0.123.